The monoisotopic (exact) mass is 373 g/mol. The standard InChI is InChI=1S/C16H14F3NO4S/c1-20(8-10-9-23-12-4-2-3-5-13(12)24-10)25(21,22)14-7-6-11(17)15(18)16(14)19/h2-7,10H,8-9H2,1H3/t10-/m0/s1. The van der Waals surface area contributed by atoms with E-state index >= 15 is 0 Å². The lowest BCUT2D eigenvalue weighted by molar-refractivity contribution is 0.0798. The third kappa shape index (κ3) is 3.29. The normalized spacial score (nSPS) is 16.9. The number of hydrogen-bond acceptors (Lipinski definition) is 4. The van der Waals surface area contributed by atoms with Crippen LogP contribution in [0.5, 0.6) is 11.5 Å². The van der Waals surface area contributed by atoms with Crippen molar-refractivity contribution >= 4 is 10.0 Å². The number of hydrogen-bond donors (Lipinski definition) is 0. The minimum atomic E-state index is -4.37. The Bertz CT molecular complexity index is 904. The van der Waals surface area contributed by atoms with Crippen LogP contribution in [0.15, 0.2) is 41.3 Å². The van der Waals surface area contributed by atoms with Gasteiger partial charge in [0.05, 0.1) is 6.54 Å². The summed E-state index contributed by atoms with van der Waals surface area (Å²) in [4.78, 5) is -0.939. The minimum absolute atomic E-state index is 0.0944. The van der Waals surface area contributed by atoms with E-state index in [2.05, 4.69) is 0 Å². The van der Waals surface area contributed by atoms with Crippen molar-refractivity contribution in [2.24, 2.45) is 0 Å². The summed E-state index contributed by atoms with van der Waals surface area (Å²) >= 11 is 0. The molecule has 134 valence electrons. The molecule has 0 N–H and O–H groups in total. The van der Waals surface area contributed by atoms with Crippen LogP contribution >= 0.6 is 0 Å². The smallest absolute Gasteiger partial charge is 0.245 e. The van der Waals surface area contributed by atoms with Crippen molar-refractivity contribution in [1.82, 2.24) is 4.31 Å². The van der Waals surface area contributed by atoms with Crippen LogP contribution < -0.4 is 9.47 Å². The summed E-state index contributed by atoms with van der Waals surface area (Å²) in [5.41, 5.74) is 0. The molecule has 1 atom stereocenters. The third-order valence-electron chi connectivity index (χ3n) is 3.72. The molecule has 0 unspecified atom stereocenters. The van der Waals surface area contributed by atoms with Gasteiger partial charge in [0, 0.05) is 7.05 Å². The molecule has 3 rings (SSSR count). The fraction of sp³-hybridized carbons (Fsp3) is 0.250. The van der Waals surface area contributed by atoms with E-state index in [-0.39, 0.29) is 13.2 Å². The Balaban J connectivity index is 1.79. The first-order valence-corrected chi connectivity index (χ1v) is 8.73. The van der Waals surface area contributed by atoms with Gasteiger partial charge in [-0.25, -0.2) is 21.6 Å². The number of likely N-dealkylation sites (N-methyl/N-ethyl adjacent to an activating group) is 1. The van der Waals surface area contributed by atoms with E-state index < -0.39 is 38.5 Å². The summed E-state index contributed by atoms with van der Waals surface area (Å²) in [6, 6.07) is 8.14. The number of benzene rings is 2. The average molecular weight is 373 g/mol. The molecule has 0 spiro atoms. The van der Waals surface area contributed by atoms with E-state index in [4.69, 9.17) is 9.47 Å². The molecule has 2 aromatic carbocycles. The highest BCUT2D eigenvalue weighted by Gasteiger charge is 2.31. The van der Waals surface area contributed by atoms with Crippen molar-refractivity contribution in [2.45, 2.75) is 11.0 Å². The van der Waals surface area contributed by atoms with Crippen LogP contribution in [0.3, 0.4) is 0 Å². The number of ether oxygens (including phenoxy) is 2. The average Bonchev–Trinajstić information content (AvgIpc) is 2.59. The van der Waals surface area contributed by atoms with Crippen molar-refractivity contribution in [1.29, 1.82) is 0 Å². The molecule has 2 aromatic rings. The van der Waals surface area contributed by atoms with Crippen molar-refractivity contribution < 1.29 is 31.1 Å². The summed E-state index contributed by atoms with van der Waals surface area (Å²) in [5.74, 6) is -4.04. The summed E-state index contributed by atoms with van der Waals surface area (Å²) < 4.78 is 77.0. The molecule has 0 saturated carbocycles. The number of halogens is 3. The van der Waals surface area contributed by atoms with Gasteiger partial charge in [-0.05, 0) is 24.3 Å². The largest absolute Gasteiger partial charge is 0.486 e. The molecule has 25 heavy (non-hydrogen) atoms. The predicted molar refractivity (Wildman–Crippen MR) is 82.5 cm³/mol. The first-order chi connectivity index (χ1) is 11.8. The summed E-state index contributed by atoms with van der Waals surface area (Å²) in [6.45, 7) is -0.0633. The second kappa shape index (κ2) is 6.57. The van der Waals surface area contributed by atoms with Crippen LogP contribution in [0.2, 0.25) is 0 Å². The lowest BCUT2D eigenvalue weighted by Gasteiger charge is -2.29. The second-order valence-corrected chi connectivity index (χ2v) is 7.47. The van der Waals surface area contributed by atoms with Crippen LogP contribution in [0.4, 0.5) is 13.2 Å². The number of rotatable bonds is 4. The van der Waals surface area contributed by atoms with Crippen LogP contribution in [0, 0.1) is 17.5 Å². The Morgan fingerprint density at radius 3 is 2.48 bits per heavy atom. The highest BCUT2D eigenvalue weighted by Crippen LogP contribution is 2.31. The maximum Gasteiger partial charge on any atom is 0.245 e. The van der Waals surface area contributed by atoms with Crippen molar-refractivity contribution in [3.8, 4) is 11.5 Å². The molecule has 1 heterocycles. The molecular formula is C16H14F3NO4S. The number of fused-ring (bicyclic) bond motifs is 1. The molecule has 1 aliphatic rings. The molecule has 0 aliphatic carbocycles. The van der Waals surface area contributed by atoms with Gasteiger partial charge in [-0.2, -0.15) is 4.31 Å². The minimum Gasteiger partial charge on any atom is -0.486 e. The lowest BCUT2D eigenvalue weighted by atomic mass is 10.2. The van der Waals surface area contributed by atoms with Crippen LogP contribution in [-0.4, -0.2) is 39.0 Å². The van der Waals surface area contributed by atoms with Gasteiger partial charge in [0.1, 0.15) is 17.6 Å². The third-order valence-corrected chi connectivity index (χ3v) is 5.56. The molecule has 0 bridgehead atoms. The Kier molecular flexibility index (Phi) is 4.61. The van der Waals surface area contributed by atoms with Gasteiger partial charge in [0.15, 0.2) is 29.0 Å². The van der Waals surface area contributed by atoms with Crippen LogP contribution in [-0.2, 0) is 10.0 Å². The van der Waals surface area contributed by atoms with Gasteiger partial charge in [-0.1, -0.05) is 12.1 Å². The first kappa shape index (κ1) is 17.6. The zero-order valence-corrected chi connectivity index (χ0v) is 13.9. The fourth-order valence-electron chi connectivity index (χ4n) is 2.41. The maximum absolute atomic E-state index is 13.8. The summed E-state index contributed by atoms with van der Waals surface area (Å²) in [5, 5.41) is 0. The van der Waals surface area contributed by atoms with E-state index in [1.54, 1.807) is 24.3 Å². The SMILES string of the molecule is CN(C[C@H]1COc2ccccc2O1)S(=O)(=O)c1ccc(F)c(F)c1F. The number of sulfonamides is 1. The Labute approximate surface area is 142 Å². The zero-order valence-electron chi connectivity index (χ0n) is 13.1. The van der Waals surface area contributed by atoms with Crippen LogP contribution in [0.25, 0.3) is 0 Å². The maximum atomic E-state index is 13.8. The molecular weight excluding hydrogens is 359 g/mol. The highest BCUT2D eigenvalue weighted by atomic mass is 32.2. The summed E-state index contributed by atoms with van der Waals surface area (Å²) in [7, 11) is -3.18. The van der Waals surface area contributed by atoms with Gasteiger partial charge in [-0.15, -0.1) is 0 Å². The molecule has 0 amide bonds. The molecule has 0 saturated heterocycles. The summed E-state index contributed by atoms with van der Waals surface area (Å²) in [6.07, 6.45) is -0.636. The first-order valence-electron chi connectivity index (χ1n) is 7.29. The molecule has 0 fully saturated rings. The van der Waals surface area contributed by atoms with E-state index in [0.717, 1.165) is 4.31 Å². The van der Waals surface area contributed by atoms with E-state index in [1.165, 1.54) is 7.05 Å². The molecule has 0 radical (unpaired) electrons. The number of para-hydroxylation sites is 2. The van der Waals surface area contributed by atoms with Gasteiger partial charge < -0.3 is 9.47 Å². The van der Waals surface area contributed by atoms with Crippen molar-refractivity contribution in [3.63, 3.8) is 0 Å². The van der Waals surface area contributed by atoms with E-state index in [1.807, 2.05) is 0 Å². The Hall–Kier alpha value is -2.26. The van der Waals surface area contributed by atoms with Gasteiger partial charge in [0.25, 0.3) is 0 Å². The van der Waals surface area contributed by atoms with Crippen LogP contribution in [0.1, 0.15) is 0 Å². The molecule has 9 heteroatoms. The fourth-order valence-corrected chi connectivity index (χ4v) is 3.67. The van der Waals surface area contributed by atoms with Gasteiger partial charge in [-0.3, -0.25) is 0 Å². The number of nitrogens with zero attached hydrogens (tertiary/aromatic N) is 1. The van der Waals surface area contributed by atoms with Crippen molar-refractivity contribution in [3.05, 3.63) is 53.8 Å². The second-order valence-electron chi connectivity index (χ2n) is 5.46. The topological polar surface area (TPSA) is 55.8 Å². The van der Waals surface area contributed by atoms with E-state index in [0.29, 0.717) is 23.6 Å². The molecule has 5 nitrogen and oxygen atoms in total. The van der Waals surface area contributed by atoms with Crippen molar-refractivity contribution in [2.75, 3.05) is 20.2 Å². The zero-order chi connectivity index (χ0) is 18.2. The molecule has 0 aromatic heterocycles. The molecule has 1 aliphatic heterocycles. The Morgan fingerprint density at radius 2 is 1.76 bits per heavy atom. The Morgan fingerprint density at radius 1 is 1.08 bits per heavy atom. The van der Waals surface area contributed by atoms with Gasteiger partial charge >= 0.3 is 0 Å². The van der Waals surface area contributed by atoms with E-state index in [9.17, 15) is 21.6 Å². The predicted octanol–water partition coefficient (Wildman–Crippen LogP) is 2.56. The lowest BCUT2D eigenvalue weighted by Crippen LogP contribution is -2.42. The van der Waals surface area contributed by atoms with Gasteiger partial charge in [0.2, 0.25) is 10.0 Å². The quantitative estimate of drug-likeness (QED) is 0.773. The highest BCUT2D eigenvalue weighted by molar-refractivity contribution is 7.89.